The van der Waals surface area contributed by atoms with Crippen LogP contribution in [-0.2, 0) is 9.59 Å². The van der Waals surface area contributed by atoms with Crippen LogP contribution >= 0.6 is 12.4 Å². The van der Waals surface area contributed by atoms with Gasteiger partial charge in [0.2, 0.25) is 11.8 Å². The molecule has 2 amide bonds. The van der Waals surface area contributed by atoms with Gasteiger partial charge in [0, 0.05) is 18.4 Å². The van der Waals surface area contributed by atoms with E-state index < -0.39 is 30.3 Å². The smallest absolute Gasteiger partial charge is 0.277 e. The molecule has 0 saturated heterocycles. The minimum absolute atomic E-state index is 0. The second-order valence-corrected chi connectivity index (χ2v) is 5.09. The molecule has 0 aliphatic rings. The van der Waals surface area contributed by atoms with Gasteiger partial charge in [0.25, 0.3) is 5.92 Å². The second kappa shape index (κ2) is 8.27. The van der Waals surface area contributed by atoms with Crippen molar-refractivity contribution in [1.82, 2.24) is 10.6 Å². The summed E-state index contributed by atoms with van der Waals surface area (Å²) in [4.78, 5) is 22.6. The first kappa shape index (κ1) is 20.4. The van der Waals surface area contributed by atoms with Crippen LogP contribution in [0.4, 0.5) is 8.78 Å². The minimum Gasteiger partial charge on any atom is -0.355 e. The van der Waals surface area contributed by atoms with Gasteiger partial charge in [-0.3, -0.25) is 9.59 Å². The SMILES string of the molecule is CC(C)(C)C(=O)NCCC(=O)NCC(F)(F)CN.Cl. The summed E-state index contributed by atoms with van der Waals surface area (Å²) < 4.78 is 25.4. The van der Waals surface area contributed by atoms with Crippen molar-refractivity contribution in [2.45, 2.75) is 33.1 Å². The average Bonchev–Trinajstić information content (AvgIpc) is 2.25. The number of nitrogens with one attached hydrogen (secondary N) is 2. The topological polar surface area (TPSA) is 84.2 Å². The summed E-state index contributed by atoms with van der Waals surface area (Å²) in [5.41, 5.74) is 4.28. The van der Waals surface area contributed by atoms with E-state index in [0.717, 1.165) is 0 Å². The molecule has 0 aromatic carbocycles. The summed E-state index contributed by atoms with van der Waals surface area (Å²) in [5.74, 6) is -3.83. The molecule has 5 nitrogen and oxygen atoms in total. The Labute approximate surface area is 118 Å². The van der Waals surface area contributed by atoms with Crippen molar-refractivity contribution in [3.05, 3.63) is 0 Å². The number of nitrogens with two attached hydrogens (primary N) is 1. The quantitative estimate of drug-likeness (QED) is 0.674. The number of alkyl halides is 2. The maximum absolute atomic E-state index is 12.7. The molecule has 0 aromatic rings. The Morgan fingerprint density at radius 2 is 1.68 bits per heavy atom. The van der Waals surface area contributed by atoms with Crippen molar-refractivity contribution < 1.29 is 18.4 Å². The summed E-state index contributed by atoms with van der Waals surface area (Å²) in [5, 5.41) is 4.62. The molecular formula is C11H22ClF2N3O2. The molecule has 0 spiro atoms. The van der Waals surface area contributed by atoms with Crippen LogP contribution in [0.1, 0.15) is 27.2 Å². The molecule has 0 radical (unpaired) electrons. The summed E-state index contributed by atoms with van der Waals surface area (Å²) in [6, 6.07) is 0. The standard InChI is InChI=1S/C11H21F2N3O2.ClH/c1-10(2,3)9(18)15-5-4-8(17)16-7-11(12,13)6-14;/h4-7,14H2,1-3H3,(H,15,18)(H,16,17);1H. The lowest BCUT2D eigenvalue weighted by atomic mass is 9.96. The molecule has 0 aromatic heterocycles. The van der Waals surface area contributed by atoms with Crippen LogP contribution in [-0.4, -0.2) is 37.4 Å². The van der Waals surface area contributed by atoms with Gasteiger partial charge in [-0.15, -0.1) is 12.4 Å². The predicted molar refractivity (Wildman–Crippen MR) is 71.3 cm³/mol. The Hall–Kier alpha value is -0.950. The Bertz CT molecular complexity index is 307. The number of rotatable bonds is 6. The van der Waals surface area contributed by atoms with E-state index in [1.54, 1.807) is 20.8 Å². The normalized spacial score (nSPS) is 11.5. The lowest BCUT2D eigenvalue weighted by Crippen LogP contribution is -2.42. The van der Waals surface area contributed by atoms with Crippen LogP contribution in [0.15, 0.2) is 0 Å². The maximum Gasteiger partial charge on any atom is 0.277 e. The van der Waals surface area contributed by atoms with E-state index in [1.807, 2.05) is 0 Å². The fourth-order valence-corrected chi connectivity index (χ4v) is 0.943. The second-order valence-electron chi connectivity index (χ2n) is 5.09. The summed E-state index contributed by atoms with van der Waals surface area (Å²) >= 11 is 0. The summed E-state index contributed by atoms with van der Waals surface area (Å²) in [7, 11) is 0. The zero-order valence-corrected chi connectivity index (χ0v) is 12.2. The zero-order chi connectivity index (χ0) is 14.4. The molecule has 0 fully saturated rings. The van der Waals surface area contributed by atoms with Crippen molar-refractivity contribution in [1.29, 1.82) is 0 Å². The first-order chi connectivity index (χ1) is 8.08. The monoisotopic (exact) mass is 301 g/mol. The third-order valence-corrected chi connectivity index (χ3v) is 2.16. The Balaban J connectivity index is 0. The van der Waals surface area contributed by atoms with E-state index >= 15 is 0 Å². The molecule has 0 unspecified atom stereocenters. The third kappa shape index (κ3) is 9.61. The lowest BCUT2D eigenvalue weighted by molar-refractivity contribution is -0.128. The van der Waals surface area contributed by atoms with E-state index in [2.05, 4.69) is 10.6 Å². The van der Waals surface area contributed by atoms with Gasteiger partial charge in [-0.05, 0) is 0 Å². The van der Waals surface area contributed by atoms with Crippen molar-refractivity contribution in [2.75, 3.05) is 19.6 Å². The van der Waals surface area contributed by atoms with Crippen LogP contribution in [0.2, 0.25) is 0 Å². The molecule has 0 rings (SSSR count). The first-order valence-electron chi connectivity index (χ1n) is 5.71. The maximum atomic E-state index is 12.7. The molecule has 0 aliphatic carbocycles. The van der Waals surface area contributed by atoms with Gasteiger partial charge in [0.15, 0.2) is 0 Å². The van der Waals surface area contributed by atoms with E-state index in [9.17, 15) is 18.4 Å². The molecule has 114 valence electrons. The van der Waals surface area contributed by atoms with Crippen LogP contribution in [0, 0.1) is 5.41 Å². The Morgan fingerprint density at radius 1 is 1.16 bits per heavy atom. The van der Waals surface area contributed by atoms with Crippen molar-refractivity contribution in [2.24, 2.45) is 11.1 Å². The van der Waals surface area contributed by atoms with Crippen molar-refractivity contribution in [3.63, 3.8) is 0 Å². The fourth-order valence-electron chi connectivity index (χ4n) is 0.943. The minimum atomic E-state index is -3.09. The summed E-state index contributed by atoms with van der Waals surface area (Å²) in [6.45, 7) is 3.75. The highest BCUT2D eigenvalue weighted by atomic mass is 35.5. The molecule has 4 N–H and O–H groups in total. The van der Waals surface area contributed by atoms with Gasteiger partial charge < -0.3 is 16.4 Å². The molecule has 8 heteroatoms. The molecule has 19 heavy (non-hydrogen) atoms. The van der Waals surface area contributed by atoms with E-state index in [4.69, 9.17) is 5.73 Å². The largest absolute Gasteiger partial charge is 0.355 e. The van der Waals surface area contributed by atoms with Gasteiger partial charge in [0.05, 0.1) is 13.1 Å². The Morgan fingerprint density at radius 3 is 2.11 bits per heavy atom. The van der Waals surface area contributed by atoms with Crippen LogP contribution in [0.3, 0.4) is 0 Å². The molecule has 0 saturated carbocycles. The van der Waals surface area contributed by atoms with E-state index in [0.29, 0.717) is 0 Å². The number of halogens is 3. The van der Waals surface area contributed by atoms with Gasteiger partial charge in [0.1, 0.15) is 0 Å². The predicted octanol–water partition coefficient (Wildman–Crippen LogP) is 0.671. The molecule has 0 heterocycles. The summed E-state index contributed by atoms with van der Waals surface area (Å²) in [6.07, 6.45) is -0.0392. The highest BCUT2D eigenvalue weighted by Crippen LogP contribution is 2.12. The van der Waals surface area contributed by atoms with Gasteiger partial charge >= 0.3 is 0 Å². The molecule has 0 aliphatic heterocycles. The highest BCUT2D eigenvalue weighted by molar-refractivity contribution is 5.85. The number of hydrogen-bond acceptors (Lipinski definition) is 3. The third-order valence-electron chi connectivity index (χ3n) is 2.16. The fraction of sp³-hybridized carbons (Fsp3) is 0.818. The number of hydrogen-bond donors (Lipinski definition) is 3. The number of amides is 2. The Kier molecular flexibility index (Phi) is 8.86. The van der Waals surface area contributed by atoms with Gasteiger partial charge in [-0.1, -0.05) is 20.8 Å². The zero-order valence-electron chi connectivity index (χ0n) is 11.4. The molecule has 0 bridgehead atoms. The van der Waals surface area contributed by atoms with Crippen molar-refractivity contribution in [3.8, 4) is 0 Å². The van der Waals surface area contributed by atoms with Crippen LogP contribution in [0.25, 0.3) is 0 Å². The van der Waals surface area contributed by atoms with Gasteiger partial charge in [-0.2, -0.15) is 0 Å². The van der Waals surface area contributed by atoms with Crippen LogP contribution in [0.5, 0.6) is 0 Å². The number of carbonyl (C=O) groups is 2. The average molecular weight is 302 g/mol. The molecule has 0 atom stereocenters. The van der Waals surface area contributed by atoms with E-state index in [-0.39, 0.29) is 31.3 Å². The lowest BCUT2D eigenvalue weighted by Gasteiger charge is -2.18. The number of carbonyl (C=O) groups excluding carboxylic acids is 2. The first-order valence-corrected chi connectivity index (χ1v) is 5.71. The molecular weight excluding hydrogens is 280 g/mol. The van der Waals surface area contributed by atoms with Gasteiger partial charge in [-0.25, -0.2) is 8.78 Å². The van der Waals surface area contributed by atoms with Crippen LogP contribution < -0.4 is 16.4 Å². The van der Waals surface area contributed by atoms with E-state index in [1.165, 1.54) is 0 Å². The van der Waals surface area contributed by atoms with Crippen molar-refractivity contribution >= 4 is 24.2 Å². The highest BCUT2D eigenvalue weighted by Gasteiger charge is 2.27.